The van der Waals surface area contributed by atoms with E-state index in [0.29, 0.717) is 48.7 Å². The summed E-state index contributed by atoms with van der Waals surface area (Å²) >= 11 is 0. The number of methoxy groups -OCH3 is 3. The van der Waals surface area contributed by atoms with Gasteiger partial charge in [0.15, 0.2) is 11.5 Å². The third-order valence-electron chi connectivity index (χ3n) is 6.38. The fourth-order valence-electron chi connectivity index (χ4n) is 4.36. The van der Waals surface area contributed by atoms with Crippen LogP contribution in [0.15, 0.2) is 82.8 Å². The van der Waals surface area contributed by atoms with Crippen molar-refractivity contribution < 1.29 is 23.7 Å². The summed E-state index contributed by atoms with van der Waals surface area (Å²) in [7, 11) is 4.89. The summed E-state index contributed by atoms with van der Waals surface area (Å²) in [4.78, 5) is 9.71. The number of hydrogen-bond donors (Lipinski definition) is 0. The number of rotatable bonds is 10. The Bertz CT molecular complexity index is 1240. The molecule has 0 unspecified atom stereocenters. The van der Waals surface area contributed by atoms with Gasteiger partial charge in [0.2, 0.25) is 17.5 Å². The molecule has 0 aromatic heterocycles. The third kappa shape index (κ3) is 6.46. The van der Waals surface area contributed by atoms with Crippen molar-refractivity contribution in [3.8, 4) is 17.2 Å². The van der Waals surface area contributed by atoms with Crippen molar-refractivity contribution in [3.63, 3.8) is 0 Å². The molecule has 0 saturated heterocycles. The monoisotopic (exact) mass is 516 g/mol. The molecule has 200 valence electrons. The second-order valence-corrected chi connectivity index (χ2v) is 9.39. The number of nitrogens with zero attached hydrogens (tertiary/aromatic N) is 2. The zero-order valence-corrected chi connectivity index (χ0v) is 22.7. The second kappa shape index (κ2) is 13.0. The van der Waals surface area contributed by atoms with Gasteiger partial charge in [-0.05, 0) is 23.1 Å². The second-order valence-electron chi connectivity index (χ2n) is 9.39. The van der Waals surface area contributed by atoms with E-state index in [4.69, 9.17) is 33.7 Å². The normalized spacial score (nSPS) is 16.9. The largest absolute Gasteiger partial charge is 0.493 e. The van der Waals surface area contributed by atoms with Crippen LogP contribution in [0.1, 0.15) is 30.5 Å². The standard InChI is InChI=1S/C31H36N2O5/c1-21(2)27-31(36-5)32-25(30(33-27)35-4)18-24-16-17-26(34-3)29(38-20-23-14-10-7-11-15-23)28(24)37-19-22-12-8-6-9-13-22/h6-17,21,25,27H,18-20H2,1-5H3/t25-,27+/m0/s1. The lowest BCUT2D eigenvalue weighted by molar-refractivity contribution is 0.241. The summed E-state index contributed by atoms with van der Waals surface area (Å²) in [5.74, 6) is 3.15. The van der Waals surface area contributed by atoms with Gasteiger partial charge in [0.1, 0.15) is 25.3 Å². The first kappa shape index (κ1) is 27.0. The molecular formula is C31H36N2O5. The van der Waals surface area contributed by atoms with Crippen molar-refractivity contribution in [2.45, 2.75) is 45.6 Å². The summed E-state index contributed by atoms with van der Waals surface area (Å²) in [6, 6.07) is 23.4. The van der Waals surface area contributed by atoms with Gasteiger partial charge in [0.05, 0.1) is 21.3 Å². The first-order valence-electron chi connectivity index (χ1n) is 12.8. The first-order chi connectivity index (χ1) is 18.5. The van der Waals surface area contributed by atoms with Crippen molar-refractivity contribution in [2.24, 2.45) is 15.9 Å². The van der Waals surface area contributed by atoms with E-state index < -0.39 is 0 Å². The Hall–Kier alpha value is -4.00. The van der Waals surface area contributed by atoms with Crippen LogP contribution in [0.5, 0.6) is 17.2 Å². The number of benzene rings is 3. The van der Waals surface area contributed by atoms with Crippen molar-refractivity contribution in [1.82, 2.24) is 0 Å². The van der Waals surface area contributed by atoms with Crippen LogP contribution in [-0.4, -0.2) is 45.2 Å². The Morgan fingerprint density at radius 3 is 1.76 bits per heavy atom. The van der Waals surface area contributed by atoms with Gasteiger partial charge in [0, 0.05) is 12.0 Å². The zero-order valence-electron chi connectivity index (χ0n) is 22.7. The van der Waals surface area contributed by atoms with Crippen LogP contribution in [0.25, 0.3) is 0 Å². The van der Waals surface area contributed by atoms with E-state index in [1.807, 2.05) is 72.8 Å². The quantitative estimate of drug-likeness (QED) is 0.336. The minimum absolute atomic E-state index is 0.180. The lowest BCUT2D eigenvalue weighted by Gasteiger charge is -2.27. The summed E-state index contributed by atoms with van der Waals surface area (Å²) in [5, 5.41) is 0. The smallest absolute Gasteiger partial charge is 0.209 e. The Morgan fingerprint density at radius 1 is 0.658 bits per heavy atom. The average molecular weight is 517 g/mol. The Kier molecular flexibility index (Phi) is 9.25. The summed E-state index contributed by atoms with van der Waals surface area (Å²) in [5.41, 5.74) is 3.00. The van der Waals surface area contributed by atoms with Gasteiger partial charge in [-0.3, -0.25) is 0 Å². The first-order valence-corrected chi connectivity index (χ1v) is 12.8. The molecule has 3 aromatic rings. The number of aliphatic imine (C=N–C) groups is 2. The molecule has 0 radical (unpaired) electrons. The molecule has 3 aromatic carbocycles. The topological polar surface area (TPSA) is 70.9 Å². The van der Waals surface area contributed by atoms with Crippen molar-refractivity contribution in [3.05, 3.63) is 89.5 Å². The van der Waals surface area contributed by atoms with Crippen molar-refractivity contribution in [1.29, 1.82) is 0 Å². The lowest BCUT2D eigenvalue weighted by atomic mass is 9.99. The van der Waals surface area contributed by atoms with Gasteiger partial charge >= 0.3 is 0 Å². The highest BCUT2D eigenvalue weighted by atomic mass is 16.5. The number of ether oxygens (including phenoxy) is 5. The molecule has 7 heteroatoms. The summed E-state index contributed by atoms with van der Waals surface area (Å²) in [6.45, 7) is 4.93. The predicted octanol–water partition coefficient (Wildman–Crippen LogP) is 5.89. The SMILES string of the molecule is COC1=N[C@H](C(C)C)C(OC)=N[C@H]1Cc1ccc(OC)c(OCc2ccccc2)c1OCc1ccccc1. The van der Waals surface area contributed by atoms with Crippen LogP contribution in [0.2, 0.25) is 0 Å². The molecular weight excluding hydrogens is 480 g/mol. The van der Waals surface area contributed by atoms with Crippen molar-refractivity contribution in [2.75, 3.05) is 21.3 Å². The molecule has 1 heterocycles. The molecule has 7 nitrogen and oxygen atoms in total. The molecule has 0 aliphatic carbocycles. The van der Waals surface area contributed by atoms with Crippen LogP contribution in [0, 0.1) is 5.92 Å². The van der Waals surface area contributed by atoms with E-state index in [1.54, 1.807) is 21.3 Å². The van der Waals surface area contributed by atoms with Gasteiger partial charge in [-0.15, -0.1) is 0 Å². The Labute approximate surface area is 225 Å². The highest BCUT2D eigenvalue weighted by Gasteiger charge is 2.32. The fraction of sp³-hybridized carbons (Fsp3) is 0.355. The van der Waals surface area contributed by atoms with E-state index in [1.165, 1.54) is 0 Å². The van der Waals surface area contributed by atoms with Gasteiger partial charge in [-0.1, -0.05) is 80.6 Å². The van der Waals surface area contributed by atoms with E-state index in [0.717, 1.165) is 16.7 Å². The minimum atomic E-state index is -0.362. The molecule has 1 aliphatic rings. The van der Waals surface area contributed by atoms with Gasteiger partial charge in [0.25, 0.3) is 0 Å². The van der Waals surface area contributed by atoms with Crippen LogP contribution >= 0.6 is 0 Å². The predicted molar refractivity (Wildman–Crippen MR) is 150 cm³/mol. The van der Waals surface area contributed by atoms with Crippen molar-refractivity contribution >= 4 is 11.8 Å². The van der Waals surface area contributed by atoms with Crippen LogP contribution in [0.3, 0.4) is 0 Å². The van der Waals surface area contributed by atoms with E-state index in [9.17, 15) is 0 Å². The number of hydrogen-bond acceptors (Lipinski definition) is 7. The molecule has 4 rings (SSSR count). The van der Waals surface area contributed by atoms with E-state index in [2.05, 4.69) is 13.8 Å². The Morgan fingerprint density at radius 2 is 1.24 bits per heavy atom. The van der Waals surface area contributed by atoms with Gasteiger partial charge in [-0.2, -0.15) is 0 Å². The molecule has 0 N–H and O–H groups in total. The minimum Gasteiger partial charge on any atom is -0.493 e. The van der Waals surface area contributed by atoms with Crippen LogP contribution in [-0.2, 0) is 29.1 Å². The van der Waals surface area contributed by atoms with Gasteiger partial charge < -0.3 is 23.7 Å². The zero-order chi connectivity index (χ0) is 26.9. The summed E-state index contributed by atoms with van der Waals surface area (Å²) in [6.07, 6.45) is 0.486. The molecule has 38 heavy (non-hydrogen) atoms. The Balaban J connectivity index is 1.70. The maximum atomic E-state index is 6.44. The maximum Gasteiger partial charge on any atom is 0.209 e. The molecule has 1 aliphatic heterocycles. The van der Waals surface area contributed by atoms with Gasteiger partial charge in [-0.25, -0.2) is 9.98 Å². The van der Waals surface area contributed by atoms with E-state index in [-0.39, 0.29) is 18.0 Å². The molecule has 0 fully saturated rings. The highest BCUT2D eigenvalue weighted by molar-refractivity contribution is 5.94. The lowest BCUT2D eigenvalue weighted by Crippen LogP contribution is -2.38. The molecule has 0 amide bonds. The highest BCUT2D eigenvalue weighted by Crippen LogP contribution is 2.42. The molecule has 0 saturated carbocycles. The van der Waals surface area contributed by atoms with Crippen LogP contribution < -0.4 is 14.2 Å². The molecule has 0 bridgehead atoms. The average Bonchev–Trinajstić information content (AvgIpc) is 2.96. The van der Waals surface area contributed by atoms with E-state index >= 15 is 0 Å². The molecule has 2 atom stereocenters. The maximum absolute atomic E-state index is 6.44. The molecule has 0 spiro atoms. The van der Waals surface area contributed by atoms with Crippen LogP contribution in [0.4, 0.5) is 0 Å². The fourth-order valence-corrected chi connectivity index (χ4v) is 4.36. The summed E-state index contributed by atoms with van der Waals surface area (Å²) < 4.78 is 29.8. The third-order valence-corrected chi connectivity index (χ3v) is 6.38.